The summed E-state index contributed by atoms with van der Waals surface area (Å²) in [5.41, 5.74) is 0.527. The number of rotatable bonds is 3. The largest absolute Gasteiger partial charge is 0.381 e. The summed E-state index contributed by atoms with van der Waals surface area (Å²) in [4.78, 5) is 16.8. The number of piperidine rings is 2. The first-order valence-electron chi connectivity index (χ1n) is 9.18. The lowest BCUT2D eigenvalue weighted by Gasteiger charge is -2.46. The van der Waals surface area contributed by atoms with Gasteiger partial charge in [-0.2, -0.15) is 0 Å². The Hall–Kier alpha value is -0.610. The van der Waals surface area contributed by atoms with Crippen LogP contribution < -0.4 is 0 Å². The second-order valence-electron chi connectivity index (χ2n) is 8.00. The normalized spacial score (nSPS) is 30.2. The summed E-state index contributed by atoms with van der Waals surface area (Å²) in [5, 5.41) is 0. The highest BCUT2D eigenvalue weighted by Gasteiger charge is 2.38. The van der Waals surface area contributed by atoms with Gasteiger partial charge in [-0.1, -0.05) is 0 Å². The van der Waals surface area contributed by atoms with Gasteiger partial charge < -0.3 is 14.5 Å². The Balaban J connectivity index is 1.55. The predicted octanol–water partition coefficient (Wildman–Crippen LogP) is 2.53. The Morgan fingerprint density at radius 1 is 1.27 bits per heavy atom. The quantitative estimate of drug-likeness (QED) is 0.803. The number of hydrogen-bond donors (Lipinski definition) is 0. The van der Waals surface area contributed by atoms with Gasteiger partial charge in [-0.15, -0.1) is 0 Å². The number of carbonyl (C=O) groups is 1. The van der Waals surface area contributed by atoms with Crippen LogP contribution in [-0.2, 0) is 9.53 Å². The van der Waals surface area contributed by atoms with E-state index in [-0.39, 0.29) is 0 Å². The van der Waals surface area contributed by atoms with Crippen molar-refractivity contribution < 1.29 is 9.53 Å². The molecule has 3 heterocycles. The van der Waals surface area contributed by atoms with Crippen molar-refractivity contribution in [3.8, 4) is 0 Å². The summed E-state index contributed by atoms with van der Waals surface area (Å²) in [5.74, 6) is 1.01. The Morgan fingerprint density at radius 3 is 2.77 bits per heavy atom. The maximum absolute atomic E-state index is 12.0. The highest BCUT2D eigenvalue weighted by molar-refractivity contribution is 5.77. The van der Waals surface area contributed by atoms with Crippen molar-refractivity contribution in [3.05, 3.63) is 0 Å². The van der Waals surface area contributed by atoms with Crippen LogP contribution in [0.5, 0.6) is 0 Å². The third kappa shape index (κ3) is 3.65. The SMILES string of the molecule is CC(C)N1CC(CN2CCCC3(CCOCC3)C2)CCC1=O. The first-order valence-corrected chi connectivity index (χ1v) is 9.18. The number of carbonyl (C=O) groups excluding carboxylic acids is 1. The summed E-state index contributed by atoms with van der Waals surface area (Å²) in [6.45, 7) is 10.8. The molecule has 0 N–H and O–H groups in total. The Morgan fingerprint density at radius 2 is 2.05 bits per heavy atom. The Kier molecular flexibility index (Phi) is 5.08. The van der Waals surface area contributed by atoms with Crippen LogP contribution >= 0.6 is 0 Å². The first kappa shape index (κ1) is 16.3. The van der Waals surface area contributed by atoms with Crippen LogP contribution in [0.4, 0.5) is 0 Å². The molecular formula is C18H32N2O2. The molecule has 22 heavy (non-hydrogen) atoms. The molecule has 4 heteroatoms. The van der Waals surface area contributed by atoms with Gasteiger partial charge in [0.15, 0.2) is 0 Å². The average molecular weight is 308 g/mol. The second kappa shape index (κ2) is 6.88. The van der Waals surface area contributed by atoms with Gasteiger partial charge in [-0.25, -0.2) is 0 Å². The van der Waals surface area contributed by atoms with Crippen molar-refractivity contribution in [3.63, 3.8) is 0 Å². The molecule has 1 spiro atoms. The standard InChI is InChI=1S/C18H32N2O2/c1-15(2)20-13-16(4-5-17(20)21)12-19-9-3-6-18(14-19)7-10-22-11-8-18/h15-16H,3-14H2,1-2H3. The van der Waals surface area contributed by atoms with Crippen LogP contribution in [0.25, 0.3) is 0 Å². The van der Waals surface area contributed by atoms with Gasteiger partial charge in [-0.3, -0.25) is 4.79 Å². The highest BCUT2D eigenvalue weighted by atomic mass is 16.5. The van der Waals surface area contributed by atoms with E-state index in [9.17, 15) is 4.79 Å². The fraction of sp³-hybridized carbons (Fsp3) is 0.944. The summed E-state index contributed by atoms with van der Waals surface area (Å²) < 4.78 is 5.57. The van der Waals surface area contributed by atoms with Gasteiger partial charge >= 0.3 is 0 Å². The van der Waals surface area contributed by atoms with Gasteiger partial charge in [0, 0.05) is 45.3 Å². The molecular weight excluding hydrogens is 276 g/mol. The minimum atomic E-state index is 0.346. The molecule has 1 amide bonds. The van der Waals surface area contributed by atoms with Gasteiger partial charge in [0.2, 0.25) is 5.91 Å². The lowest BCUT2D eigenvalue weighted by molar-refractivity contribution is -0.137. The lowest BCUT2D eigenvalue weighted by atomic mass is 9.73. The van der Waals surface area contributed by atoms with Crippen molar-refractivity contribution in [2.75, 3.05) is 39.4 Å². The van der Waals surface area contributed by atoms with Crippen molar-refractivity contribution in [2.24, 2.45) is 11.3 Å². The van der Waals surface area contributed by atoms with Crippen LogP contribution in [0.3, 0.4) is 0 Å². The molecule has 0 aromatic heterocycles. The van der Waals surface area contributed by atoms with Crippen LogP contribution in [-0.4, -0.2) is 61.1 Å². The molecule has 4 nitrogen and oxygen atoms in total. The first-order chi connectivity index (χ1) is 10.6. The molecule has 3 aliphatic heterocycles. The smallest absolute Gasteiger partial charge is 0.222 e. The molecule has 0 aromatic rings. The zero-order chi connectivity index (χ0) is 15.6. The molecule has 1 atom stereocenters. The van der Waals surface area contributed by atoms with E-state index in [4.69, 9.17) is 4.74 Å². The van der Waals surface area contributed by atoms with Gasteiger partial charge in [-0.05, 0) is 63.8 Å². The number of likely N-dealkylation sites (tertiary alicyclic amines) is 2. The van der Waals surface area contributed by atoms with Crippen molar-refractivity contribution in [1.29, 1.82) is 0 Å². The molecule has 0 bridgehead atoms. The molecule has 3 rings (SSSR count). The molecule has 126 valence electrons. The number of nitrogens with zero attached hydrogens (tertiary/aromatic N) is 2. The Labute approximate surface area is 135 Å². The number of hydrogen-bond acceptors (Lipinski definition) is 3. The average Bonchev–Trinajstić information content (AvgIpc) is 2.50. The molecule has 3 saturated heterocycles. The van der Waals surface area contributed by atoms with Crippen LogP contribution in [0.2, 0.25) is 0 Å². The van der Waals surface area contributed by atoms with E-state index in [1.54, 1.807) is 0 Å². The molecule has 0 aliphatic carbocycles. The second-order valence-corrected chi connectivity index (χ2v) is 8.00. The van der Waals surface area contributed by atoms with E-state index in [0.717, 1.165) is 32.6 Å². The van der Waals surface area contributed by atoms with Crippen LogP contribution in [0, 0.1) is 11.3 Å². The molecule has 1 unspecified atom stereocenters. The fourth-order valence-electron chi connectivity index (χ4n) is 4.63. The third-order valence-corrected chi connectivity index (χ3v) is 5.98. The zero-order valence-corrected chi connectivity index (χ0v) is 14.4. The fourth-order valence-corrected chi connectivity index (χ4v) is 4.63. The Bertz CT molecular complexity index is 385. The van der Waals surface area contributed by atoms with E-state index in [1.807, 2.05) is 0 Å². The van der Waals surface area contributed by atoms with Crippen molar-refractivity contribution in [2.45, 2.75) is 58.4 Å². The van der Waals surface area contributed by atoms with Crippen LogP contribution in [0.15, 0.2) is 0 Å². The third-order valence-electron chi connectivity index (χ3n) is 5.98. The number of amides is 1. The van der Waals surface area contributed by atoms with Gasteiger partial charge in [0.1, 0.15) is 0 Å². The minimum absolute atomic E-state index is 0.346. The van der Waals surface area contributed by atoms with E-state index < -0.39 is 0 Å². The highest BCUT2D eigenvalue weighted by Crippen LogP contribution is 2.39. The van der Waals surface area contributed by atoms with Gasteiger partial charge in [0.05, 0.1) is 0 Å². The summed E-state index contributed by atoms with van der Waals surface area (Å²) in [6.07, 6.45) is 7.02. The van der Waals surface area contributed by atoms with E-state index >= 15 is 0 Å². The van der Waals surface area contributed by atoms with Crippen LogP contribution in [0.1, 0.15) is 52.4 Å². The van der Waals surface area contributed by atoms with E-state index in [1.165, 1.54) is 45.3 Å². The predicted molar refractivity (Wildman–Crippen MR) is 87.7 cm³/mol. The summed E-state index contributed by atoms with van der Waals surface area (Å²) >= 11 is 0. The minimum Gasteiger partial charge on any atom is -0.381 e. The van der Waals surface area contributed by atoms with Gasteiger partial charge in [0.25, 0.3) is 0 Å². The maximum Gasteiger partial charge on any atom is 0.222 e. The van der Waals surface area contributed by atoms with Crippen molar-refractivity contribution >= 4 is 5.91 Å². The monoisotopic (exact) mass is 308 g/mol. The molecule has 0 radical (unpaired) electrons. The molecule has 0 aromatic carbocycles. The van der Waals surface area contributed by atoms with Crippen molar-refractivity contribution in [1.82, 2.24) is 9.80 Å². The zero-order valence-electron chi connectivity index (χ0n) is 14.4. The topological polar surface area (TPSA) is 32.8 Å². The molecule has 0 saturated carbocycles. The lowest BCUT2D eigenvalue weighted by Crippen LogP contribution is -2.51. The van der Waals surface area contributed by atoms with E-state index in [0.29, 0.717) is 23.3 Å². The maximum atomic E-state index is 12.0. The summed E-state index contributed by atoms with van der Waals surface area (Å²) in [6, 6.07) is 0.346. The van der Waals surface area contributed by atoms with E-state index in [2.05, 4.69) is 23.6 Å². The molecule has 3 aliphatic rings. The molecule has 3 fully saturated rings. The summed E-state index contributed by atoms with van der Waals surface area (Å²) in [7, 11) is 0. The number of ether oxygens (including phenoxy) is 1.